The van der Waals surface area contributed by atoms with E-state index in [0.717, 1.165) is 10.9 Å². The third-order valence-corrected chi connectivity index (χ3v) is 6.08. The molecule has 1 N–H and O–H groups in total. The molecule has 0 aliphatic carbocycles. The van der Waals surface area contributed by atoms with Gasteiger partial charge in [-0.05, 0) is 55.7 Å². The molecule has 1 heterocycles. The largest absolute Gasteiger partial charge is 0.493 e. The number of rotatable bonds is 10. The van der Waals surface area contributed by atoms with Crippen LogP contribution in [0.4, 0.5) is 0 Å². The summed E-state index contributed by atoms with van der Waals surface area (Å²) in [4.78, 5) is 29.4. The van der Waals surface area contributed by atoms with Crippen molar-refractivity contribution in [3.8, 4) is 11.5 Å². The average Bonchev–Trinajstić information content (AvgIpc) is 2.84. The second-order valence-corrected chi connectivity index (χ2v) is 9.02. The van der Waals surface area contributed by atoms with Crippen LogP contribution in [-0.4, -0.2) is 40.2 Å². The smallest absolute Gasteiger partial charge is 0.344 e. The van der Waals surface area contributed by atoms with Gasteiger partial charge in [-0.25, -0.2) is 9.78 Å². The van der Waals surface area contributed by atoms with Crippen molar-refractivity contribution >= 4 is 39.0 Å². The molecule has 0 radical (unpaired) electrons. The maximum Gasteiger partial charge on any atom is 0.344 e. The number of carboxylic acids is 1. The predicted molar refractivity (Wildman–Crippen MR) is 140 cm³/mol. The molecule has 3 aromatic rings. The van der Waals surface area contributed by atoms with Gasteiger partial charge in [-0.15, -0.1) is 6.58 Å². The molecule has 0 aliphatic heterocycles. The molecule has 0 spiro atoms. The molecule has 0 fully saturated rings. The zero-order valence-corrected chi connectivity index (χ0v) is 21.7. The normalized spacial score (nSPS) is 13.1. The van der Waals surface area contributed by atoms with Gasteiger partial charge in [0.2, 0.25) is 0 Å². The second kappa shape index (κ2) is 11.3. The number of carbonyl (C=O) groups is 1. The minimum absolute atomic E-state index is 0.00652. The Balaban J connectivity index is 2.15. The molecule has 0 aliphatic rings. The molecule has 2 aromatic carbocycles. The number of carboxylic acid groups (broad SMARTS) is 1. The van der Waals surface area contributed by atoms with E-state index in [1.165, 1.54) is 18.7 Å². The molecular weight excluding hydrogens is 514 g/mol. The average molecular weight is 542 g/mol. The van der Waals surface area contributed by atoms with Crippen LogP contribution in [0.25, 0.3) is 10.9 Å². The summed E-state index contributed by atoms with van der Waals surface area (Å²) in [5.41, 5.74) is 1.68. The van der Waals surface area contributed by atoms with E-state index in [2.05, 4.69) is 27.6 Å². The Morgan fingerprint density at radius 1 is 1.31 bits per heavy atom. The molecule has 0 amide bonds. The molecule has 35 heavy (non-hydrogen) atoms. The van der Waals surface area contributed by atoms with Gasteiger partial charge >= 0.3 is 5.97 Å². The van der Waals surface area contributed by atoms with Crippen molar-refractivity contribution in [1.82, 2.24) is 9.66 Å². The maximum atomic E-state index is 13.3. The zero-order valence-electron chi connectivity index (χ0n) is 20.1. The summed E-state index contributed by atoms with van der Waals surface area (Å²) in [6, 6.07) is 8.88. The van der Waals surface area contributed by atoms with Crippen molar-refractivity contribution in [2.24, 2.45) is 5.10 Å². The van der Waals surface area contributed by atoms with Crippen molar-refractivity contribution in [3.63, 3.8) is 0 Å². The van der Waals surface area contributed by atoms with Crippen molar-refractivity contribution in [2.45, 2.75) is 45.6 Å². The number of allylic oxidation sites excluding steroid dienone is 1. The Labute approximate surface area is 212 Å². The number of fused-ring (bicyclic) bond motifs is 1. The van der Waals surface area contributed by atoms with Gasteiger partial charge in [0, 0.05) is 16.0 Å². The van der Waals surface area contributed by atoms with E-state index in [-0.39, 0.29) is 11.5 Å². The molecule has 8 nitrogen and oxygen atoms in total. The Hall–Kier alpha value is -3.46. The van der Waals surface area contributed by atoms with Crippen molar-refractivity contribution < 1.29 is 19.4 Å². The quantitative estimate of drug-likeness (QED) is 0.281. The number of hydrogen-bond acceptors (Lipinski definition) is 6. The van der Waals surface area contributed by atoms with Crippen LogP contribution in [0.15, 0.2) is 57.4 Å². The summed E-state index contributed by atoms with van der Waals surface area (Å²) in [6.45, 7) is 9.25. The van der Waals surface area contributed by atoms with Crippen LogP contribution in [0.5, 0.6) is 11.5 Å². The van der Waals surface area contributed by atoms with Crippen molar-refractivity contribution in [2.75, 3.05) is 7.11 Å². The van der Waals surface area contributed by atoms with Crippen LogP contribution in [-0.2, 0) is 11.2 Å². The number of nitrogens with zero attached hydrogens (tertiary/aromatic N) is 3. The van der Waals surface area contributed by atoms with Crippen LogP contribution in [0.3, 0.4) is 0 Å². The molecule has 3 rings (SSSR count). The standard InChI is InChI=1S/C26H28BrN3O5/c1-6-8-18-11-17(12-22(34-5)23(18)35-16(4)26(32)33)14-28-30-24(15(3)7-2)29-21-10-9-19(27)13-20(21)25(30)31/h6,9-16H,1,7-8H2,2-5H3,(H,32,33)/t15-,16-/m0/s1. The Kier molecular flexibility index (Phi) is 8.45. The summed E-state index contributed by atoms with van der Waals surface area (Å²) in [7, 11) is 1.48. The fraction of sp³-hybridized carbons (Fsp3) is 0.308. The first kappa shape index (κ1) is 26.2. The summed E-state index contributed by atoms with van der Waals surface area (Å²) in [6.07, 6.45) is 3.38. The minimum atomic E-state index is -1.09. The Morgan fingerprint density at radius 3 is 2.69 bits per heavy atom. The highest BCUT2D eigenvalue weighted by Crippen LogP contribution is 2.34. The van der Waals surface area contributed by atoms with E-state index >= 15 is 0 Å². The van der Waals surface area contributed by atoms with E-state index in [1.54, 1.807) is 30.5 Å². The summed E-state index contributed by atoms with van der Waals surface area (Å²) in [5, 5.41) is 14.2. The lowest BCUT2D eigenvalue weighted by atomic mass is 10.1. The monoisotopic (exact) mass is 541 g/mol. The lowest BCUT2D eigenvalue weighted by Gasteiger charge is -2.18. The van der Waals surface area contributed by atoms with Crippen LogP contribution in [0, 0.1) is 0 Å². The molecule has 2 atom stereocenters. The lowest BCUT2D eigenvalue weighted by molar-refractivity contribution is -0.144. The number of methoxy groups -OCH3 is 1. The first-order valence-electron chi connectivity index (χ1n) is 11.2. The van der Waals surface area contributed by atoms with E-state index in [9.17, 15) is 14.7 Å². The third-order valence-electron chi connectivity index (χ3n) is 5.59. The van der Waals surface area contributed by atoms with E-state index in [1.807, 2.05) is 26.0 Å². The molecule has 0 unspecified atom stereocenters. The van der Waals surface area contributed by atoms with E-state index in [4.69, 9.17) is 14.5 Å². The first-order chi connectivity index (χ1) is 16.7. The number of benzene rings is 2. The van der Waals surface area contributed by atoms with Gasteiger partial charge in [0.1, 0.15) is 5.82 Å². The second-order valence-electron chi connectivity index (χ2n) is 8.10. The number of aliphatic carboxylic acids is 1. The van der Waals surface area contributed by atoms with Gasteiger partial charge in [-0.1, -0.05) is 35.9 Å². The number of halogens is 1. The van der Waals surface area contributed by atoms with Gasteiger partial charge in [0.15, 0.2) is 17.6 Å². The van der Waals surface area contributed by atoms with E-state index in [0.29, 0.717) is 45.8 Å². The minimum Gasteiger partial charge on any atom is -0.493 e. The van der Waals surface area contributed by atoms with Crippen LogP contribution in [0.1, 0.15) is 50.1 Å². The highest BCUT2D eigenvalue weighted by atomic mass is 79.9. The van der Waals surface area contributed by atoms with Gasteiger partial charge in [-0.2, -0.15) is 9.78 Å². The molecule has 0 saturated heterocycles. The third kappa shape index (κ3) is 5.79. The highest BCUT2D eigenvalue weighted by Gasteiger charge is 2.20. The molecular formula is C26H28BrN3O5. The molecule has 0 saturated carbocycles. The SMILES string of the molecule is C=CCc1cc(C=Nn2c([C@@H](C)CC)nc3ccc(Br)cc3c2=O)cc(OC)c1O[C@@H](C)C(=O)O. The predicted octanol–water partition coefficient (Wildman–Crippen LogP) is 5.14. The van der Waals surface area contributed by atoms with E-state index < -0.39 is 12.1 Å². The van der Waals surface area contributed by atoms with Gasteiger partial charge in [-0.3, -0.25) is 4.79 Å². The maximum absolute atomic E-state index is 13.3. The number of ether oxygens (including phenoxy) is 2. The lowest BCUT2D eigenvalue weighted by Crippen LogP contribution is -2.24. The van der Waals surface area contributed by atoms with Gasteiger partial charge in [0.25, 0.3) is 5.56 Å². The van der Waals surface area contributed by atoms with Crippen molar-refractivity contribution in [1.29, 1.82) is 0 Å². The summed E-state index contributed by atoms with van der Waals surface area (Å²) >= 11 is 3.41. The Morgan fingerprint density at radius 2 is 2.06 bits per heavy atom. The molecule has 184 valence electrons. The van der Waals surface area contributed by atoms with Gasteiger partial charge in [0.05, 0.1) is 24.2 Å². The number of aromatic nitrogens is 2. The highest BCUT2D eigenvalue weighted by molar-refractivity contribution is 9.10. The molecule has 9 heteroatoms. The number of hydrogen-bond donors (Lipinski definition) is 1. The topological polar surface area (TPSA) is 103 Å². The first-order valence-corrected chi connectivity index (χ1v) is 12.0. The van der Waals surface area contributed by atoms with Crippen LogP contribution < -0.4 is 15.0 Å². The Bertz CT molecular complexity index is 1350. The summed E-state index contributed by atoms with van der Waals surface area (Å²) in [5.74, 6) is 0.168. The fourth-order valence-electron chi connectivity index (χ4n) is 3.48. The summed E-state index contributed by atoms with van der Waals surface area (Å²) < 4.78 is 13.2. The van der Waals surface area contributed by atoms with Gasteiger partial charge < -0.3 is 14.6 Å². The fourth-order valence-corrected chi connectivity index (χ4v) is 3.84. The molecule has 0 bridgehead atoms. The van der Waals surface area contributed by atoms with Crippen molar-refractivity contribution in [3.05, 3.63) is 74.8 Å². The zero-order chi connectivity index (χ0) is 25.7. The molecule has 1 aromatic heterocycles. The van der Waals surface area contributed by atoms with Crippen LogP contribution >= 0.6 is 15.9 Å². The van der Waals surface area contributed by atoms with Crippen LogP contribution in [0.2, 0.25) is 0 Å².